The van der Waals surface area contributed by atoms with Gasteiger partial charge in [0.15, 0.2) is 0 Å². The minimum atomic E-state index is -0.353. The molecule has 0 saturated heterocycles. The van der Waals surface area contributed by atoms with Gasteiger partial charge < -0.3 is 10.5 Å². The van der Waals surface area contributed by atoms with Crippen LogP contribution in [-0.4, -0.2) is 13.0 Å². The standard InChI is InChI=1S/C9H9Br2NO2/c1-14-9-6(10)2-5(3-7(9)11)4-8(12)13/h2-3H,4H2,1H3,(H2,12,13). The summed E-state index contributed by atoms with van der Waals surface area (Å²) < 4.78 is 6.72. The number of methoxy groups -OCH3 is 1. The van der Waals surface area contributed by atoms with Crippen molar-refractivity contribution in [2.45, 2.75) is 6.42 Å². The van der Waals surface area contributed by atoms with E-state index in [4.69, 9.17) is 10.5 Å². The van der Waals surface area contributed by atoms with E-state index in [1.807, 2.05) is 12.1 Å². The monoisotopic (exact) mass is 321 g/mol. The minimum absolute atomic E-state index is 0.223. The van der Waals surface area contributed by atoms with E-state index in [1.54, 1.807) is 7.11 Å². The normalized spacial score (nSPS) is 9.93. The van der Waals surface area contributed by atoms with Gasteiger partial charge in [-0.05, 0) is 49.6 Å². The van der Waals surface area contributed by atoms with E-state index < -0.39 is 0 Å². The molecule has 76 valence electrons. The van der Waals surface area contributed by atoms with Gasteiger partial charge in [-0.1, -0.05) is 0 Å². The number of carbonyl (C=O) groups excluding carboxylic acids is 1. The third-order valence-electron chi connectivity index (χ3n) is 1.64. The van der Waals surface area contributed by atoms with Crippen LogP contribution in [0.1, 0.15) is 5.56 Å². The van der Waals surface area contributed by atoms with Crippen LogP contribution in [0.3, 0.4) is 0 Å². The fraction of sp³-hybridized carbons (Fsp3) is 0.222. The first-order valence-corrected chi connectivity index (χ1v) is 5.43. The number of ether oxygens (including phenoxy) is 1. The van der Waals surface area contributed by atoms with Gasteiger partial charge in [0.25, 0.3) is 0 Å². The second kappa shape index (κ2) is 4.79. The summed E-state index contributed by atoms with van der Waals surface area (Å²) in [5, 5.41) is 0. The van der Waals surface area contributed by atoms with Crippen molar-refractivity contribution in [3.05, 3.63) is 26.6 Å². The Morgan fingerprint density at radius 2 is 1.93 bits per heavy atom. The summed E-state index contributed by atoms with van der Waals surface area (Å²) in [6.45, 7) is 0. The molecule has 0 saturated carbocycles. The lowest BCUT2D eigenvalue weighted by Gasteiger charge is -2.07. The number of halogens is 2. The van der Waals surface area contributed by atoms with Gasteiger partial charge in [-0.3, -0.25) is 4.79 Å². The summed E-state index contributed by atoms with van der Waals surface area (Å²) in [7, 11) is 1.58. The summed E-state index contributed by atoms with van der Waals surface area (Å²) in [4.78, 5) is 10.7. The van der Waals surface area contributed by atoms with Gasteiger partial charge in [-0.25, -0.2) is 0 Å². The van der Waals surface area contributed by atoms with Crippen LogP contribution in [0, 0.1) is 0 Å². The lowest BCUT2D eigenvalue weighted by Crippen LogP contribution is -2.13. The van der Waals surface area contributed by atoms with E-state index in [0.717, 1.165) is 14.5 Å². The van der Waals surface area contributed by atoms with E-state index >= 15 is 0 Å². The van der Waals surface area contributed by atoms with Crippen LogP contribution in [0.15, 0.2) is 21.1 Å². The third-order valence-corrected chi connectivity index (χ3v) is 2.82. The summed E-state index contributed by atoms with van der Waals surface area (Å²) in [6.07, 6.45) is 0.223. The maximum atomic E-state index is 10.7. The zero-order valence-corrected chi connectivity index (χ0v) is 10.7. The lowest BCUT2D eigenvalue weighted by atomic mass is 10.1. The van der Waals surface area contributed by atoms with Crippen LogP contribution in [0.2, 0.25) is 0 Å². The van der Waals surface area contributed by atoms with Crippen molar-refractivity contribution >= 4 is 37.8 Å². The zero-order valence-electron chi connectivity index (χ0n) is 7.51. The largest absolute Gasteiger partial charge is 0.494 e. The molecule has 1 amide bonds. The zero-order chi connectivity index (χ0) is 10.7. The molecule has 0 aliphatic heterocycles. The molecule has 3 nitrogen and oxygen atoms in total. The number of hydrogen-bond acceptors (Lipinski definition) is 2. The molecule has 0 atom stereocenters. The molecule has 1 rings (SSSR count). The van der Waals surface area contributed by atoms with Crippen molar-refractivity contribution < 1.29 is 9.53 Å². The molecule has 14 heavy (non-hydrogen) atoms. The van der Waals surface area contributed by atoms with E-state index in [9.17, 15) is 4.79 Å². The Morgan fingerprint density at radius 1 is 1.43 bits per heavy atom. The molecular formula is C9H9Br2NO2. The van der Waals surface area contributed by atoms with E-state index in [-0.39, 0.29) is 12.3 Å². The van der Waals surface area contributed by atoms with Crippen LogP contribution in [0.5, 0.6) is 5.75 Å². The fourth-order valence-corrected chi connectivity index (χ4v) is 2.72. The van der Waals surface area contributed by atoms with Gasteiger partial charge >= 0.3 is 0 Å². The Morgan fingerprint density at radius 3 is 2.29 bits per heavy atom. The van der Waals surface area contributed by atoms with Crippen LogP contribution >= 0.6 is 31.9 Å². The highest BCUT2D eigenvalue weighted by atomic mass is 79.9. The first kappa shape index (κ1) is 11.5. The number of benzene rings is 1. The molecule has 0 aliphatic rings. The molecule has 0 heterocycles. The van der Waals surface area contributed by atoms with E-state index in [0.29, 0.717) is 5.75 Å². The SMILES string of the molecule is COc1c(Br)cc(CC(N)=O)cc1Br. The number of rotatable bonds is 3. The average Bonchev–Trinajstić information content (AvgIpc) is 2.01. The predicted molar refractivity (Wildman–Crippen MR) is 61.3 cm³/mol. The summed E-state index contributed by atoms with van der Waals surface area (Å²) >= 11 is 6.68. The molecule has 2 N–H and O–H groups in total. The molecule has 0 fully saturated rings. The minimum Gasteiger partial charge on any atom is -0.494 e. The number of hydrogen-bond donors (Lipinski definition) is 1. The highest BCUT2D eigenvalue weighted by Crippen LogP contribution is 2.34. The van der Waals surface area contributed by atoms with Crippen molar-refractivity contribution in [3.8, 4) is 5.75 Å². The summed E-state index contributed by atoms with van der Waals surface area (Å²) in [5.41, 5.74) is 5.94. The van der Waals surface area contributed by atoms with Crippen molar-refractivity contribution in [1.82, 2.24) is 0 Å². The highest BCUT2D eigenvalue weighted by Gasteiger charge is 2.08. The molecule has 0 aliphatic carbocycles. The number of nitrogens with two attached hydrogens (primary N) is 1. The average molecular weight is 323 g/mol. The quantitative estimate of drug-likeness (QED) is 0.928. The first-order valence-electron chi connectivity index (χ1n) is 3.84. The topological polar surface area (TPSA) is 52.3 Å². The van der Waals surface area contributed by atoms with Crippen molar-refractivity contribution in [2.24, 2.45) is 5.73 Å². The van der Waals surface area contributed by atoms with Gasteiger partial charge in [0.2, 0.25) is 5.91 Å². The van der Waals surface area contributed by atoms with Crippen LogP contribution < -0.4 is 10.5 Å². The first-order chi connectivity index (χ1) is 6.54. The maximum Gasteiger partial charge on any atom is 0.221 e. The maximum absolute atomic E-state index is 10.7. The molecule has 5 heteroatoms. The van der Waals surface area contributed by atoms with Gasteiger partial charge in [-0.2, -0.15) is 0 Å². The van der Waals surface area contributed by atoms with Gasteiger partial charge in [0.05, 0.1) is 22.5 Å². The Bertz CT molecular complexity index is 343. The van der Waals surface area contributed by atoms with Crippen molar-refractivity contribution in [1.29, 1.82) is 0 Å². The summed E-state index contributed by atoms with van der Waals surface area (Å²) in [5.74, 6) is 0.354. The van der Waals surface area contributed by atoms with E-state index in [1.165, 1.54) is 0 Å². The third kappa shape index (κ3) is 2.72. The highest BCUT2D eigenvalue weighted by molar-refractivity contribution is 9.11. The molecule has 1 aromatic rings. The smallest absolute Gasteiger partial charge is 0.221 e. The van der Waals surface area contributed by atoms with Crippen molar-refractivity contribution in [2.75, 3.05) is 7.11 Å². The Balaban J connectivity index is 3.07. The Hall–Kier alpha value is -0.550. The second-order valence-corrected chi connectivity index (χ2v) is 4.44. The number of carbonyl (C=O) groups is 1. The number of primary amides is 1. The summed E-state index contributed by atoms with van der Waals surface area (Å²) in [6, 6.07) is 3.63. The van der Waals surface area contributed by atoms with Crippen LogP contribution in [0.4, 0.5) is 0 Å². The van der Waals surface area contributed by atoms with Gasteiger partial charge in [0, 0.05) is 0 Å². The molecular weight excluding hydrogens is 314 g/mol. The number of amides is 1. The Labute approximate surface area is 98.9 Å². The molecule has 0 aromatic heterocycles. The fourth-order valence-electron chi connectivity index (χ4n) is 1.11. The van der Waals surface area contributed by atoms with Crippen molar-refractivity contribution in [3.63, 3.8) is 0 Å². The van der Waals surface area contributed by atoms with Crippen LogP contribution in [-0.2, 0) is 11.2 Å². The predicted octanol–water partition coefficient (Wildman–Crippen LogP) is 2.25. The Kier molecular flexibility index (Phi) is 3.95. The molecule has 0 radical (unpaired) electrons. The molecule has 0 bridgehead atoms. The molecule has 0 spiro atoms. The van der Waals surface area contributed by atoms with E-state index in [2.05, 4.69) is 31.9 Å². The lowest BCUT2D eigenvalue weighted by molar-refractivity contribution is -0.117. The van der Waals surface area contributed by atoms with Gasteiger partial charge in [-0.15, -0.1) is 0 Å². The van der Waals surface area contributed by atoms with Gasteiger partial charge in [0.1, 0.15) is 5.75 Å². The molecule has 0 unspecified atom stereocenters. The molecule has 1 aromatic carbocycles. The van der Waals surface area contributed by atoms with Crippen LogP contribution in [0.25, 0.3) is 0 Å². The second-order valence-electron chi connectivity index (χ2n) is 2.74.